The number of Topliss-reactive ketones (excluding diaryl/α,β-unsaturated/α-hetero) is 1. The number of hydrogen-bond donors (Lipinski definition) is 1. The first-order valence-corrected chi connectivity index (χ1v) is 5.79. The topological polar surface area (TPSA) is 42.0 Å². The number of halogens is 1. The monoisotopic (exact) mass is 268 g/mol. The first-order valence-electron chi connectivity index (χ1n) is 4.97. The van der Waals surface area contributed by atoms with Gasteiger partial charge in [0.25, 0.3) is 0 Å². The highest BCUT2D eigenvalue weighted by Gasteiger charge is 2.11. The molecule has 1 N–H and O–H groups in total. The molecule has 17 heavy (non-hydrogen) atoms. The molecule has 1 aromatic heterocycles. The highest BCUT2D eigenvalue weighted by Crippen LogP contribution is 2.25. The molecule has 2 aromatic rings. The highest BCUT2D eigenvalue weighted by molar-refractivity contribution is 7.15. The largest absolute Gasteiger partial charge is 0.332 e. The lowest BCUT2D eigenvalue weighted by Gasteiger charge is -2.00. The summed E-state index contributed by atoms with van der Waals surface area (Å²) in [6, 6.07) is 9.79. The molecule has 0 amide bonds. The Morgan fingerprint density at radius 1 is 1.29 bits per heavy atom. The zero-order valence-electron chi connectivity index (χ0n) is 9.56. The van der Waals surface area contributed by atoms with E-state index < -0.39 is 0 Å². The maximum Gasteiger partial charge on any atom is 0.188 e. The van der Waals surface area contributed by atoms with Gasteiger partial charge in [0.2, 0.25) is 0 Å². The summed E-state index contributed by atoms with van der Waals surface area (Å²) in [6.07, 6.45) is 0. The number of benzene rings is 1. The number of carbonyl (C=O) groups excluding carboxylic acids is 1. The number of nitrogens with one attached hydrogen (secondary N) is 1. The van der Waals surface area contributed by atoms with E-state index in [0.717, 1.165) is 15.7 Å². The van der Waals surface area contributed by atoms with Crippen molar-refractivity contribution in [3.63, 3.8) is 0 Å². The van der Waals surface area contributed by atoms with Gasteiger partial charge in [0.1, 0.15) is 5.69 Å². The van der Waals surface area contributed by atoms with Gasteiger partial charge in [-0.25, -0.2) is 4.98 Å². The second-order valence-electron chi connectivity index (χ2n) is 3.47. The number of carbonyl (C=O) groups is 1. The second kappa shape index (κ2) is 5.80. The van der Waals surface area contributed by atoms with Crippen molar-refractivity contribution in [3.8, 4) is 0 Å². The van der Waals surface area contributed by atoms with Crippen molar-refractivity contribution in [2.24, 2.45) is 0 Å². The van der Waals surface area contributed by atoms with E-state index in [-0.39, 0.29) is 18.2 Å². The molecule has 0 spiro atoms. The smallest absolute Gasteiger partial charge is 0.188 e. The van der Waals surface area contributed by atoms with Gasteiger partial charge < -0.3 is 5.32 Å². The van der Waals surface area contributed by atoms with E-state index in [9.17, 15) is 4.79 Å². The van der Waals surface area contributed by atoms with Crippen LogP contribution in [0.5, 0.6) is 0 Å². The molecule has 0 aliphatic carbocycles. The lowest BCUT2D eigenvalue weighted by atomic mass is 10.3. The van der Waals surface area contributed by atoms with Crippen molar-refractivity contribution < 1.29 is 4.79 Å². The fourth-order valence-electron chi connectivity index (χ4n) is 1.42. The van der Waals surface area contributed by atoms with Crippen molar-refractivity contribution in [3.05, 3.63) is 40.9 Å². The summed E-state index contributed by atoms with van der Waals surface area (Å²) < 4.78 is 0. The molecule has 0 aliphatic rings. The van der Waals surface area contributed by atoms with Crippen LogP contribution in [0.15, 0.2) is 30.3 Å². The van der Waals surface area contributed by atoms with Crippen LogP contribution < -0.4 is 5.32 Å². The van der Waals surface area contributed by atoms with Crippen molar-refractivity contribution in [2.45, 2.75) is 13.8 Å². The van der Waals surface area contributed by atoms with Gasteiger partial charge in [-0.2, -0.15) is 0 Å². The molecule has 90 valence electrons. The molecule has 0 fully saturated rings. The number of thiazole rings is 1. The average Bonchev–Trinajstić information content (AvgIpc) is 2.61. The Morgan fingerprint density at radius 2 is 1.94 bits per heavy atom. The van der Waals surface area contributed by atoms with Crippen LogP contribution in [-0.2, 0) is 0 Å². The Balaban J connectivity index is 0.00000144. The number of aromatic nitrogens is 1. The zero-order valence-corrected chi connectivity index (χ0v) is 11.2. The average molecular weight is 269 g/mol. The highest BCUT2D eigenvalue weighted by atomic mass is 35.5. The lowest BCUT2D eigenvalue weighted by Crippen LogP contribution is -1.95. The van der Waals surface area contributed by atoms with Crippen molar-refractivity contribution in [1.82, 2.24) is 4.98 Å². The van der Waals surface area contributed by atoms with Crippen LogP contribution in [0, 0.1) is 6.92 Å². The van der Waals surface area contributed by atoms with Crippen LogP contribution >= 0.6 is 23.7 Å². The summed E-state index contributed by atoms with van der Waals surface area (Å²) in [5.74, 6) is 0.00913. The number of anilines is 2. The van der Waals surface area contributed by atoms with Crippen LogP contribution in [0.3, 0.4) is 0 Å². The Hall–Kier alpha value is -1.39. The maximum absolute atomic E-state index is 11.2. The quantitative estimate of drug-likeness (QED) is 0.861. The standard InChI is InChI=1S/C12H12N2OS.ClH/c1-8(15)11-9(2)16-12(14-11)13-10-6-4-3-5-7-10;/h3-7H,1-2H3,(H,13,14);1H. The summed E-state index contributed by atoms with van der Waals surface area (Å²) in [4.78, 5) is 16.5. The first kappa shape index (κ1) is 13.7. The number of aryl methyl sites for hydroxylation is 1. The van der Waals surface area contributed by atoms with Crippen LogP contribution in [0.2, 0.25) is 0 Å². The molecule has 0 saturated heterocycles. The van der Waals surface area contributed by atoms with Crippen LogP contribution in [0.25, 0.3) is 0 Å². The molecule has 0 atom stereocenters. The Labute approximate surface area is 110 Å². The minimum absolute atomic E-state index is 0. The summed E-state index contributed by atoms with van der Waals surface area (Å²) in [7, 11) is 0. The molecule has 5 heteroatoms. The molecule has 1 aromatic carbocycles. The van der Waals surface area contributed by atoms with E-state index in [1.54, 1.807) is 0 Å². The Bertz CT molecular complexity index is 510. The van der Waals surface area contributed by atoms with Gasteiger partial charge in [-0.3, -0.25) is 4.79 Å². The van der Waals surface area contributed by atoms with Gasteiger partial charge in [-0.1, -0.05) is 18.2 Å². The number of ketones is 1. The third kappa shape index (κ3) is 3.28. The van der Waals surface area contributed by atoms with Crippen LogP contribution in [0.1, 0.15) is 22.3 Å². The van der Waals surface area contributed by atoms with Gasteiger partial charge in [0, 0.05) is 17.5 Å². The molecule has 3 nitrogen and oxygen atoms in total. The van der Waals surface area contributed by atoms with Crippen LogP contribution in [0.4, 0.5) is 10.8 Å². The van der Waals surface area contributed by atoms with Crippen molar-refractivity contribution in [2.75, 3.05) is 5.32 Å². The number of nitrogens with zero attached hydrogens (tertiary/aromatic N) is 1. The van der Waals surface area contributed by atoms with Gasteiger partial charge in [-0.15, -0.1) is 23.7 Å². The van der Waals surface area contributed by atoms with E-state index in [1.165, 1.54) is 18.3 Å². The van der Waals surface area contributed by atoms with E-state index in [0.29, 0.717) is 5.69 Å². The zero-order chi connectivity index (χ0) is 11.5. The Kier molecular flexibility index (Phi) is 4.66. The van der Waals surface area contributed by atoms with Crippen molar-refractivity contribution in [1.29, 1.82) is 0 Å². The fraction of sp³-hybridized carbons (Fsp3) is 0.167. The number of rotatable bonds is 3. The van der Waals surface area contributed by atoms with E-state index in [1.807, 2.05) is 37.3 Å². The number of hydrogen-bond acceptors (Lipinski definition) is 4. The van der Waals surface area contributed by atoms with Crippen molar-refractivity contribution >= 4 is 40.3 Å². The summed E-state index contributed by atoms with van der Waals surface area (Å²) in [5, 5.41) is 3.93. The molecule has 0 radical (unpaired) electrons. The van der Waals surface area contributed by atoms with E-state index >= 15 is 0 Å². The fourth-order valence-corrected chi connectivity index (χ4v) is 2.30. The number of para-hydroxylation sites is 1. The van der Waals surface area contributed by atoms with E-state index in [4.69, 9.17) is 0 Å². The molecule has 0 unspecified atom stereocenters. The van der Waals surface area contributed by atoms with Gasteiger partial charge in [0.05, 0.1) is 0 Å². The maximum atomic E-state index is 11.2. The molecular formula is C12H13ClN2OS. The van der Waals surface area contributed by atoms with Gasteiger partial charge in [0.15, 0.2) is 10.9 Å². The lowest BCUT2D eigenvalue weighted by molar-refractivity contribution is 0.101. The normalized spacial score (nSPS) is 9.53. The summed E-state index contributed by atoms with van der Waals surface area (Å²) in [5.41, 5.74) is 1.54. The summed E-state index contributed by atoms with van der Waals surface area (Å²) in [6.45, 7) is 3.44. The molecular weight excluding hydrogens is 256 g/mol. The molecule has 1 heterocycles. The first-order chi connectivity index (χ1) is 7.66. The molecule has 0 saturated carbocycles. The SMILES string of the molecule is CC(=O)c1nc(Nc2ccccc2)sc1C.Cl. The molecule has 0 aliphatic heterocycles. The second-order valence-corrected chi connectivity index (χ2v) is 4.67. The minimum Gasteiger partial charge on any atom is -0.332 e. The predicted octanol–water partition coefficient (Wildman–Crippen LogP) is 3.82. The minimum atomic E-state index is 0. The van der Waals surface area contributed by atoms with Gasteiger partial charge >= 0.3 is 0 Å². The molecule has 0 bridgehead atoms. The summed E-state index contributed by atoms with van der Waals surface area (Å²) >= 11 is 1.49. The van der Waals surface area contributed by atoms with Crippen LogP contribution in [-0.4, -0.2) is 10.8 Å². The van der Waals surface area contributed by atoms with Gasteiger partial charge in [-0.05, 0) is 19.1 Å². The third-order valence-corrected chi connectivity index (χ3v) is 3.04. The Morgan fingerprint density at radius 3 is 2.47 bits per heavy atom. The molecule has 2 rings (SSSR count). The van der Waals surface area contributed by atoms with E-state index in [2.05, 4.69) is 10.3 Å². The predicted molar refractivity (Wildman–Crippen MR) is 73.8 cm³/mol. The third-order valence-electron chi connectivity index (χ3n) is 2.16.